The first-order chi connectivity index (χ1) is 17.4. The summed E-state index contributed by atoms with van der Waals surface area (Å²) >= 11 is 7.84. The Labute approximate surface area is 220 Å². The number of halogens is 1. The van der Waals surface area contributed by atoms with Crippen molar-refractivity contribution in [2.45, 2.75) is 36.2 Å². The van der Waals surface area contributed by atoms with Crippen LogP contribution < -0.4 is 0 Å². The van der Waals surface area contributed by atoms with E-state index >= 15 is 0 Å². The van der Waals surface area contributed by atoms with Crippen LogP contribution >= 0.6 is 22.9 Å². The first kappa shape index (κ1) is 23.7. The molecule has 0 bridgehead atoms. The van der Waals surface area contributed by atoms with Gasteiger partial charge in [0.2, 0.25) is 15.9 Å². The van der Waals surface area contributed by atoms with E-state index in [-0.39, 0.29) is 29.4 Å². The predicted octanol–water partition coefficient (Wildman–Crippen LogP) is 5.88. The summed E-state index contributed by atoms with van der Waals surface area (Å²) in [5.74, 6) is -0.178. The number of fused-ring (bicyclic) bond motifs is 2. The Bertz CT molecular complexity index is 1540. The number of rotatable bonds is 6. The third kappa shape index (κ3) is 4.24. The molecule has 1 aromatic heterocycles. The highest BCUT2D eigenvalue weighted by Crippen LogP contribution is 2.39. The van der Waals surface area contributed by atoms with Gasteiger partial charge in [0, 0.05) is 27.9 Å². The molecule has 1 unspecified atom stereocenters. The first-order valence-corrected chi connectivity index (χ1v) is 14.7. The fourth-order valence-electron chi connectivity index (χ4n) is 5.13. The van der Waals surface area contributed by atoms with E-state index in [1.165, 1.54) is 9.18 Å². The third-order valence-corrected chi connectivity index (χ3v) is 10.3. The standard InChI is InChI=1S/C28H25ClN2O3S2/c29-21-10-8-20(9-11-21)28-24-15-17-35-25(24)14-16-30(28)27(32)18-31(22-12-13-22)36(33,34)26-7-3-5-19-4-1-2-6-23(19)26/h1-11,15,17,22,28H,12-14,16,18H2. The normalized spacial score (nSPS) is 17.9. The van der Waals surface area contributed by atoms with Crippen LogP contribution in [0.2, 0.25) is 5.02 Å². The van der Waals surface area contributed by atoms with Gasteiger partial charge in [0.05, 0.1) is 17.5 Å². The summed E-state index contributed by atoms with van der Waals surface area (Å²) in [5, 5.41) is 4.24. The zero-order chi connectivity index (χ0) is 24.9. The zero-order valence-corrected chi connectivity index (χ0v) is 21.9. The van der Waals surface area contributed by atoms with Crippen molar-refractivity contribution in [3.8, 4) is 0 Å². The molecule has 6 rings (SSSR count). The number of amides is 1. The molecule has 2 heterocycles. The zero-order valence-electron chi connectivity index (χ0n) is 19.5. The molecule has 3 aromatic carbocycles. The van der Waals surface area contributed by atoms with E-state index in [9.17, 15) is 13.2 Å². The maximum absolute atomic E-state index is 13.9. The Morgan fingerprint density at radius 1 is 1.00 bits per heavy atom. The molecule has 2 aliphatic rings. The van der Waals surface area contributed by atoms with Gasteiger partial charge >= 0.3 is 0 Å². The summed E-state index contributed by atoms with van der Waals surface area (Å²) in [6.07, 6.45) is 2.31. The van der Waals surface area contributed by atoms with Crippen molar-refractivity contribution < 1.29 is 13.2 Å². The molecular formula is C28H25ClN2O3S2. The molecule has 0 radical (unpaired) electrons. The minimum atomic E-state index is -3.87. The lowest BCUT2D eigenvalue weighted by molar-refractivity contribution is -0.133. The van der Waals surface area contributed by atoms with Gasteiger partial charge in [-0.3, -0.25) is 4.79 Å². The van der Waals surface area contributed by atoms with Crippen molar-refractivity contribution in [2.75, 3.05) is 13.1 Å². The van der Waals surface area contributed by atoms with Crippen molar-refractivity contribution in [3.05, 3.63) is 99.2 Å². The Morgan fingerprint density at radius 3 is 2.53 bits per heavy atom. The second kappa shape index (κ2) is 9.30. The highest BCUT2D eigenvalue weighted by Gasteiger charge is 2.42. The Kier molecular flexibility index (Phi) is 6.12. The van der Waals surface area contributed by atoms with Crippen molar-refractivity contribution in [1.29, 1.82) is 0 Å². The van der Waals surface area contributed by atoms with Gasteiger partial charge in [-0.2, -0.15) is 4.31 Å². The van der Waals surface area contributed by atoms with Gasteiger partial charge in [0.15, 0.2) is 0 Å². The lowest BCUT2D eigenvalue weighted by Crippen LogP contribution is -2.47. The number of hydrogen-bond donors (Lipinski definition) is 0. The van der Waals surface area contributed by atoms with Gasteiger partial charge in [-0.1, -0.05) is 60.1 Å². The van der Waals surface area contributed by atoms with Gasteiger partial charge in [-0.15, -0.1) is 11.3 Å². The van der Waals surface area contributed by atoms with Gasteiger partial charge in [0.1, 0.15) is 0 Å². The van der Waals surface area contributed by atoms with Gasteiger partial charge in [0.25, 0.3) is 0 Å². The fourth-order valence-corrected chi connectivity index (χ4v) is 8.01. The third-order valence-electron chi connectivity index (χ3n) is 7.05. The largest absolute Gasteiger partial charge is 0.330 e. The van der Waals surface area contributed by atoms with Crippen LogP contribution in [0.25, 0.3) is 10.8 Å². The molecule has 0 saturated heterocycles. The topological polar surface area (TPSA) is 57.7 Å². The van der Waals surface area contributed by atoms with Gasteiger partial charge < -0.3 is 4.90 Å². The number of nitrogens with zero attached hydrogens (tertiary/aromatic N) is 2. The Hall–Kier alpha value is -2.71. The van der Waals surface area contributed by atoms with E-state index < -0.39 is 10.0 Å². The number of carbonyl (C=O) groups is 1. The molecule has 0 spiro atoms. The van der Waals surface area contributed by atoms with Crippen LogP contribution in [0.1, 0.15) is 34.9 Å². The minimum Gasteiger partial charge on any atom is -0.330 e. The van der Waals surface area contributed by atoms with Crippen LogP contribution in [-0.4, -0.2) is 42.7 Å². The van der Waals surface area contributed by atoms with E-state index in [0.717, 1.165) is 35.8 Å². The molecule has 4 aromatic rings. The molecule has 1 fully saturated rings. The molecule has 8 heteroatoms. The number of hydrogen-bond acceptors (Lipinski definition) is 4. The van der Waals surface area contributed by atoms with Crippen LogP contribution in [0.4, 0.5) is 0 Å². The number of carbonyl (C=O) groups excluding carboxylic acids is 1. The highest BCUT2D eigenvalue weighted by molar-refractivity contribution is 7.89. The maximum Gasteiger partial charge on any atom is 0.244 e. The summed E-state index contributed by atoms with van der Waals surface area (Å²) in [5.41, 5.74) is 2.08. The van der Waals surface area contributed by atoms with Crippen molar-refractivity contribution in [1.82, 2.24) is 9.21 Å². The number of sulfonamides is 1. The second-order valence-electron chi connectivity index (χ2n) is 9.35. The SMILES string of the molecule is O=C(CN(C1CC1)S(=O)(=O)c1cccc2ccccc12)N1CCc2sccc2C1c1ccc(Cl)cc1. The molecule has 1 amide bonds. The minimum absolute atomic E-state index is 0.145. The van der Waals surface area contributed by atoms with E-state index in [4.69, 9.17) is 11.6 Å². The maximum atomic E-state index is 13.9. The summed E-state index contributed by atoms with van der Waals surface area (Å²) in [6.45, 7) is 0.381. The van der Waals surface area contributed by atoms with E-state index in [2.05, 4.69) is 11.4 Å². The predicted molar refractivity (Wildman–Crippen MR) is 144 cm³/mol. The van der Waals surface area contributed by atoms with Crippen molar-refractivity contribution >= 4 is 49.6 Å². The fraction of sp³-hybridized carbons (Fsp3) is 0.250. The molecule has 36 heavy (non-hydrogen) atoms. The summed E-state index contributed by atoms with van der Waals surface area (Å²) in [7, 11) is -3.87. The second-order valence-corrected chi connectivity index (χ2v) is 12.6. The Morgan fingerprint density at radius 2 is 1.75 bits per heavy atom. The molecule has 1 aliphatic carbocycles. The molecule has 1 saturated carbocycles. The van der Waals surface area contributed by atoms with Crippen molar-refractivity contribution in [3.63, 3.8) is 0 Å². The van der Waals surface area contributed by atoms with Gasteiger partial charge in [-0.05, 0) is 65.4 Å². The molecule has 1 aliphatic heterocycles. The van der Waals surface area contributed by atoms with Gasteiger partial charge in [-0.25, -0.2) is 8.42 Å². The monoisotopic (exact) mass is 536 g/mol. The van der Waals surface area contributed by atoms with Crippen LogP contribution in [0.3, 0.4) is 0 Å². The highest BCUT2D eigenvalue weighted by atomic mass is 35.5. The van der Waals surface area contributed by atoms with Crippen LogP contribution in [0.15, 0.2) is 83.1 Å². The van der Waals surface area contributed by atoms with E-state index in [1.54, 1.807) is 23.5 Å². The lowest BCUT2D eigenvalue weighted by atomic mass is 9.93. The number of thiophene rings is 1. The molecule has 1 atom stereocenters. The molecule has 0 N–H and O–H groups in total. The van der Waals surface area contributed by atoms with Crippen LogP contribution in [0, 0.1) is 0 Å². The molecular weight excluding hydrogens is 512 g/mol. The first-order valence-electron chi connectivity index (χ1n) is 12.0. The lowest BCUT2D eigenvalue weighted by Gasteiger charge is -2.37. The summed E-state index contributed by atoms with van der Waals surface area (Å²) in [4.78, 5) is 17.2. The molecule has 5 nitrogen and oxygen atoms in total. The van der Waals surface area contributed by atoms with Crippen molar-refractivity contribution in [2.24, 2.45) is 0 Å². The van der Waals surface area contributed by atoms with Crippen LogP contribution in [0.5, 0.6) is 0 Å². The smallest absolute Gasteiger partial charge is 0.244 e. The summed E-state index contributed by atoms with van der Waals surface area (Å²) < 4.78 is 29.3. The van der Waals surface area contributed by atoms with E-state index in [1.807, 2.05) is 59.5 Å². The summed E-state index contributed by atoms with van der Waals surface area (Å²) in [6, 6.07) is 22.0. The average molecular weight is 537 g/mol. The quantitative estimate of drug-likeness (QED) is 0.309. The number of benzene rings is 3. The van der Waals surface area contributed by atoms with Crippen LogP contribution in [-0.2, 0) is 21.2 Å². The average Bonchev–Trinajstić information content (AvgIpc) is 3.61. The molecule has 184 valence electrons. The van der Waals surface area contributed by atoms with E-state index in [0.29, 0.717) is 17.0 Å². The Balaban J connectivity index is 1.35.